The van der Waals surface area contributed by atoms with Gasteiger partial charge in [-0.3, -0.25) is 5.32 Å². The monoisotopic (exact) mass is 231 g/mol. The summed E-state index contributed by atoms with van der Waals surface area (Å²) >= 11 is 0. The number of hydrogen-bond acceptors (Lipinski definition) is 3. The largest absolute Gasteiger partial charge is 0.468 e. The van der Waals surface area contributed by atoms with E-state index in [1.165, 1.54) is 0 Å². The van der Waals surface area contributed by atoms with Gasteiger partial charge in [0.2, 0.25) is 0 Å². The van der Waals surface area contributed by atoms with Crippen molar-refractivity contribution in [3.63, 3.8) is 0 Å². The quantitative estimate of drug-likeness (QED) is 0.831. The smallest absolute Gasteiger partial charge is 0.120 e. The van der Waals surface area contributed by atoms with E-state index in [9.17, 15) is 5.11 Å². The first-order valence-electron chi connectivity index (χ1n) is 5.76. The Morgan fingerprint density at radius 2 is 1.94 bits per heavy atom. The second-order valence-electron chi connectivity index (χ2n) is 4.05. The summed E-state index contributed by atoms with van der Waals surface area (Å²) in [6.07, 6.45) is 1.66. The van der Waals surface area contributed by atoms with Gasteiger partial charge in [-0.2, -0.15) is 0 Å². The van der Waals surface area contributed by atoms with Crippen LogP contribution < -0.4 is 5.32 Å². The molecule has 17 heavy (non-hydrogen) atoms. The van der Waals surface area contributed by atoms with Crippen LogP contribution in [0.5, 0.6) is 0 Å². The Morgan fingerprint density at radius 3 is 2.53 bits per heavy atom. The molecule has 1 unspecified atom stereocenters. The van der Waals surface area contributed by atoms with Crippen molar-refractivity contribution in [2.24, 2.45) is 0 Å². The van der Waals surface area contributed by atoms with Crippen LogP contribution in [-0.4, -0.2) is 11.7 Å². The van der Waals surface area contributed by atoms with Crippen LogP contribution in [0.1, 0.15) is 30.3 Å². The van der Waals surface area contributed by atoms with Crippen LogP contribution in [0.2, 0.25) is 0 Å². The lowest BCUT2D eigenvalue weighted by atomic mass is 10.1. The molecular formula is C14H17NO2. The fourth-order valence-electron chi connectivity index (χ4n) is 1.86. The number of aliphatic hydroxyl groups is 1. The number of rotatable bonds is 5. The van der Waals surface area contributed by atoms with Crippen LogP contribution >= 0.6 is 0 Å². The van der Waals surface area contributed by atoms with Crippen molar-refractivity contribution in [1.82, 2.24) is 5.32 Å². The van der Waals surface area contributed by atoms with E-state index in [0.717, 1.165) is 11.3 Å². The molecule has 0 aliphatic rings. The normalized spacial score (nSPS) is 14.5. The zero-order valence-corrected chi connectivity index (χ0v) is 9.84. The number of furan rings is 1. The third kappa shape index (κ3) is 2.96. The van der Waals surface area contributed by atoms with Crippen molar-refractivity contribution >= 4 is 0 Å². The van der Waals surface area contributed by atoms with Gasteiger partial charge in [0, 0.05) is 0 Å². The van der Waals surface area contributed by atoms with Gasteiger partial charge in [0.25, 0.3) is 0 Å². The third-order valence-corrected chi connectivity index (χ3v) is 2.81. The van der Waals surface area contributed by atoms with Crippen molar-refractivity contribution in [1.29, 1.82) is 0 Å². The van der Waals surface area contributed by atoms with Gasteiger partial charge in [0.05, 0.1) is 25.0 Å². The zero-order valence-electron chi connectivity index (χ0n) is 9.84. The van der Waals surface area contributed by atoms with Gasteiger partial charge in [-0.25, -0.2) is 0 Å². The van der Waals surface area contributed by atoms with Gasteiger partial charge in [0.1, 0.15) is 5.76 Å². The van der Waals surface area contributed by atoms with E-state index in [-0.39, 0.29) is 18.7 Å². The average molecular weight is 231 g/mol. The molecule has 0 saturated carbocycles. The molecule has 2 rings (SSSR count). The van der Waals surface area contributed by atoms with E-state index in [2.05, 4.69) is 5.32 Å². The second kappa shape index (κ2) is 5.66. The highest BCUT2D eigenvalue weighted by Gasteiger charge is 2.15. The third-order valence-electron chi connectivity index (χ3n) is 2.81. The van der Waals surface area contributed by atoms with Crippen molar-refractivity contribution < 1.29 is 9.52 Å². The number of benzene rings is 1. The summed E-state index contributed by atoms with van der Waals surface area (Å²) < 4.78 is 5.33. The van der Waals surface area contributed by atoms with Crippen LogP contribution in [0.15, 0.2) is 53.1 Å². The predicted molar refractivity (Wildman–Crippen MR) is 66.5 cm³/mol. The van der Waals surface area contributed by atoms with E-state index < -0.39 is 0 Å². The van der Waals surface area contributed by atoms with E-state index in [1.54, 1.807) is 6.26 Å². The topological polar surface area (TPSA) is 45.4 Å². The SMILES string of the molecule is CC(N[C@H](CO)c1ccccc1)c1ccco1. The highest BCUT2D eigenvalue weighted by atomic mass is 16.3. The van der Waals surface area contributed by atoms with E-state index in [4.69, 9.17) is 4.42 Å². The fraction of sp³-hybridized carbons (Fsp3) is 0.286. The number of hydrogen-bond donors (Lipinski definition) is 2. The molecule has 0 amide bonds. The van der Waals surface area contributed by atoms with Gasteiger partial charge in [0.15, 0.2) is 0 Å². The van der Waals surface area contributed by atoms with Crippen molar-refractivity contribution in [2.75, 3.05) is 6.61 Å². The lowest BCUT2D eigenvalue weighted by molar-refractivity contribution is 0.230. The molecule has 1 aromatic carbocycles. The highest BCUT2D eigenvalue weighted by Crippen LogP contribution is 2.19. The predicted octanol–water partition coefficient (Wildman–Crippen LogP) is 2.66. The van der Waals surface area contributed by atoms with Crippen LogP contribution in [0.3, 0.4) is 0 Å². The van der Waals surface area contributed by atoms with Crippen LogP contribution in [0, 0.1) is 0 Å². The summed E-state index contributed by atoms with van der Waals surface area (Å²) in [5, 5.41) is 12.8. The molecule has 0 bridgehead atoms. The van der Waals surface area contributed by atoms with E-state index >= 15 is 0 Å². The molecule has 0 radical (unpaired) electrons. The summed E-state index contributed by atoms with van der Waals surface area (Å²) in [5.74, 6) is 0.874. The molecule has 90 valence electrons. The Kier molecular flexibility index (Phi) is 3.96. The molecule has 0 aliphatic carbocycles. The summed E-state index contributed by atoms with van der Waals surface area (Å²) in [6, 6.07) is 13.7. The molecular weight excluding hydrogens is 214 g/mol. The maximum Gasteiger partial charge on any atom is 0.120 e. The van der Waals surface area contributed by atoms with Gasteiger partial charge in [-0.1, -0.05) is 30.3 Å². The first-order chi connectivity index (χ1) is 8.31. The maximum absolute atomic E-state index is 9.43. The number of aliphatic hydroxyl groups excluding tert-OH is 1. The molecule has 2 aromatic rings. The standard InChI is InChI=1S/C14H17NO2/c1-11(14-8-5-9-17-14)15-13(10-16)12-6-3-2-4-7-12/h2-9,11,13,15-16H,10H2,1H3/t11?,13-/m1/s1. The highest BCUT2D eigenvalue weighted by molar-refractivity contribution is 5.19. The minimum atomic E-state index is -0.0729. The first-order valence-corrected chi connectivity index (χ1v) is 5.76. The molecule has 0 aliphatic heterocycles. The van der Waals surface area contributed by atoms with Gasteiger partial charge in [-0.05, 0) is 24.6 Å². The molecule has 1 aromatic heterocycles. The van der Waals surface area contributed by atoms with E-state index in [0.29, 0.717) is 0 Å². The lowest BCUT2D eigenvalue weighted by Crippen LogP contribution is -2.27. The molecule has 3 nitrogen and oxygen atoms in total. The Hall–Kier alpha value is -1.58. The van der Waals surface area contributed by atoms with Gasteiger partial charge < -0.3 is 9.52 Å². The number of nitrogens with one attached hydrogen (secondary N) is 1. The van der Waals surface area contributed by atoms with Crippen LogP contribution in [0.4, 0.5) is 0 Å². The average Bonchev–Trinajstić information content (AvgIpc) is 2.90. The minimum Gasteiger partial charge on any atom is -0.468 e. The summed E-state index contributed by atoms with van der Waals surface area (Å²) in [5.41, 5.74) is 1.08. The van der Waals surface area contributed by atoms with Crippen molar-refractivity contribution in [3.05, 3.63) is 60.1 Å². The van der Waals surface area contributed by atoms with Crippen LogP contribution in [-0.2, 0) is 0 Å². The van der Waals surface area contributed by atoms with Gasteiger partial charge >= 0.3 is 0 Å². The summed E-state index contributed by atoms with van der Waals surface area (Å²) in [7, 11) is 0. The Balaban J connectivity index is 2.06. The van der Waals surface area contributed by atoms with Crippen molar-refractivity contribution in [3.8, 4) is 0 Å². The minimum absolute atomic E-state index is 0.0645. The molecule has 1 heterocycles. The molecule has 2 N–H and O–H groups in total. The maximum atomic E-state index is 9.43. The Morgan fingerprint density at radius 1 is 1.18 bits per heavy atom. The Bertz CT molecular complexity index is 425. The summed E-state index contributed by atoms with van der Waals surface area (Å²) in [6.45, 7) is 2.08. The summed E-state index contributed by atoms with van der Waals surface area (Å²) in [4.78, 5) is 0. The second-order valence-corrected chi connectivity index (χ2v) is 4.05. The molecule has 3 heteroatoms. The molecule has 2 atom stereocenters. The molecule has 0 spiro atoms. The molecule has 0 fully saturated rings. The lowest BCUT2D eigenvalue weighted by Gasteiger charge is -2.20. The van der Waals surface area contributed by atoms with Crippen molar-refractivity contribution in [2.45, 2.75) is 19.0 Å². The fourth-order valence-corrected chi connectivity index (χ4v) is 1.86. The first kappa shape index (κ1) is 11.9. The zero-order chi connectivity index (χ0) is 12.1. The Labute approximate surface area is 101 Å². The molecule has 0 saturated heterocycles. The van der Waals surface area contributed by atoms with Gasteiger partial charge in [-0.15, -0.1) is 0 Å². The van der Waals surface area contributed by atoms with Crippen LogP contribution in [0.25, 0.3) is 0 Å². The van der Waals surface area contributed by atoms with E-state index in [1.807, 2.05) is 49.4 Å².